The van der Waals surface area contributed by atoms with Gasteiger partial charge in [-0.2, -0.15) is 0 Å². The van der Waals surface area contributed by atoms with Crippen molar-refractivity contribution in [1.82, 2.24) is 15.0 Å². The Morgan fingerprint density at radius 1 is 0.662 bits per heavy atom. The Labute approximate surface area is 402 Å². The summed E-state index contributed by atoms with van der Waals surface area (Å²) in [6.45, 7) is 1.08. The molecule has 0 aliphatic heterocycles. The van der Waals surface area contributed by atoms with Crippen LogP contribution >= 0.6 is 7.82 Å². The maximum Gasteiger partial charge on any atom is 0.306 e. The van der Waals surface area contributed by atoms with Gasteiger partial charge in [-0.15, -0.1) is 5.10 Å². The zero-order valence-electron chi connectivity index (χ0n) is 40.4. The van der Waals surface area contributed by atoms with E-state index in [9.17, 15) is 28.9 Å². The molecule has 0 saturated carbocycles. The molecule has 0 saturated heterocycles. The average Bonchev–Trinajstić information content (AvgIpc) is 3.79. The second-order valence-electron chi connectivity index (χ2n) is 18.4. The highest BCUT2D eigenvalue weighted by Gasteiger charge is 2.22. The van der Waals surface area contributed by atoms with Gasteiger partial charge >= 0.3 is 11.9 Å². The van der Waals surface area contributed by atoms with Gasteiger partial charge in [0.15, 0.2) is 6.10 Å². The number of rotatable bonds is 38. The number of phosphoric acid groups is 1. The Kier molecular flexibility index (Phi) is 24.2. The quantitative estimate of drug-likeness (QED) is 0.0169. The highest BCUT2D eigenvalue weighted by Crippen LogP contribution is 2.39. The molecule has 5 rings (SSSR count). The van der Waals surface area contributed by atoms with Crippen LogP contribution in [0.2, 0.25) is 0 Å². The lowest BCUT2D eigenvalue weighted by Gasteiger charge is -2.26. The Morgan fingerprint density at radius 3 is 1.88 bits per heavy atom. The molecule has 0 fully saturated rings. The minimum absolute atomic E-state index is 0.0940. The third-order valence-corrected chi connectivity index (χ3v) is 13.6. The maximum atomic E-state index is 12.8. The van der Waals surface area contributed by atoms with Crippen molar-refractivity contribution >= 4 is 58.0 Å². The lowest BCUT2D eigenvalue weighted by molar-refractivity contribution is -0.308. The summed E-state index contributed by atoms with van der Waals surface area (Å²) >= 11 is 0. The van der Waals surface area contributed by atoms with E-state index in [0.717, 1.165) is 89.3 Å². The number of nitrogens with zero attached hydrogens (tertiary/aromatic N) is 3. The molecule has 0 amide bonds. The molecule has 3 atom stereocenters. The normalized spacial score (nSPS) is 13.6. The van der Waals surface area contributed by atoms with Gasteiger partial charge < -0.3 is 39.0 Å². The predicted molar refractivity (Wildman–Crippen MR) is 263 cm³/mol. The van der Waals surface area contributed by atoms with Crippen molar-refractivity contribution in [2.45, 2.75) is 186 Å². The standard InChI is InChI=1S/C53H77N4O10P/c1-2-3-4-5-6-7-8-9-10-11-12-16-19-31-49(58)64-38-46(39-65-68(62,63)66-40-48(54)53(60)61)67-50(59)32-20-17-14-13-15-18-29-45-37-57(56-55-45)35-22-21-25-43-36-44-28-23-26-41-33-34-42-27-24-30-47(43)52(42)51(41)44/h23-24,26-28,30,33-34,36-37,46,48H,2-22,25,29,31-32,35,38-40,54H2,1H3,(H,60,61)(H,62,63)/p-2/t46-,48+/m1/s1. The first-order valence-corrected chi connectivity index (χ1v) is 26.9. The van der Waals surface area contributed by atoms with Crippen LogP contribution in [-0.4, -0.2) is 64.9 Å². The van der Waals surface area contributed by atoms with Crippen molar-refractivity contribution in [3.63, 3.8) is 0 Å². The highest BCUT2D eigenvalue weighted by molar-refractivity contribution is 7.45. The second-order valence-corrected chi connectivity index (χ2v) is 19.8. The number of carboxylic acids is 1. The highest BCUT2D eigenvalue weighted by atomic mass is 31.2. The molecule has 0 aliphatic carbocycles. The van der Waals surface area contributed by atoms with E-state index in [1.807, 2.05) is 4.68 Å². The van der Waals surface area contributed by atoms with Gasteiger partial charge in [0.05, 0.1) is 30.9 Å². The van der Waals surface area contributed by atoms with Gasteiger partial charge in [0.25, 0.3) is 7.82 Å². The predicted octanol–water partition coefficient (Wildman–Crippen LogP) is 9.99. The van der Waals surface area contributed by atoms with Crippen LogP contribution in [0, 0.1) is 0 Å². The van der Waals surface area contributed by atoms with Crippen LogP contribution in [0.1, 0.15) is 166 Å². The smallest absolute Gasteiger partial charge is 0.306 e. The molecule has 1 heterocycles. The molecule has 5 aromatic rings. The van der Waals surface area contributed by atoms with Crippen LogP contribution in [0.15, 0.2) is 60.8 Å². The molecule has 68 heavy (non-hydrogen) atoms. The SMILES string of the molecule is CCCCCCCCCCCCCCCC(=O)OC[C@H](COP(=O)([O-])OC[C@H](N)C(=O)[O-])OC(=O)CCCCCCCCc1cn(CCCCc2cc3cccc4ccc5cccc2c5c43)nn1. The van der Waals surface area contributed by atoms with Gasteiger partial charge in [-0.25, -0.2) is 0 Å². The number of carbonyl (C=O) groups excluding carboxylic acids is 3. The van der Waals surface area contributed by atoms with Crippen molar-refractivity contribution in [1.29, 1.82) is 0 Å². The van der Waals surface area contributed by atoms with Gasteiger partial charge in [-0.05, 0) is 82.8 Å². The molecule has 0 spiro atoms. The van der Waals surface area contributed by atoms with E-state index >= 15 is 0 Å². The number of hydrogen-bond donors (Lipinski definition) is 1. The summed E-state index contributed by atoms with van der Waals surface area (Å²) < 4.78 is 34.4. The van der Waals surface area contributed by atoms with Gasteiger partial charge in [0.1, 0.15) is 6.61 Å². The number of esters is 2. The summed E-state index contributed by atoms with van der Waals surface area (Å²) in [5.41, 5.74) is 7.66. The fourth-order valence-corrected chi connectivity index (χ4v) is 9.60. The molecule has 15 heteroatoms. The minimum Gasteiger partial charge on any atom is -0.756 e. The molecule has 0 aliphatic rings. The number of ether oxygens (including phenoxy) is 2. The number of benzene rings is 4. The Bertz CT molecular complexity index is 2300. The summed E-state index contributed by atoms with van der Waals surface area (Å²) in [6, 6.07) is 18.3. The Balaban J connectivity index is 0.924. The zero-order chi connectivity index (χ0) is 48.4. The van der Waals surface area contributed by atoms with E-state index < -0.39 is 57.7 Å². The first kappa shape index (κ1) is 54.5. The summed E-state index contributed by atoms with van der Waals surface area (Å²) in [5, 5.41) is 27.6. The van der Waals surface area contributed by atoms with Gasteiger partial charge in [-0.3, -0.25) is 18.8 Å². The summed E-state index contributed by atoms with van der Waals surface area (Å²) in [6.07, 6.45) is 25.7. The lowest BCUT2D eigenvalue weighted by atomic mass is 9.90. The summed E-state index contributed by atoms with van der Waals surface area (Å²) in [7, 11) is -5.03. The first-order chi connectivity index (χ1) is 33.0. The number of hydrogen-bond acceptors (Lipinski definition) is 13. The number of carboxylic acid groups (broad SMARTS) is 1. The van der Waals surface area contributed by atoms with E-state index in [1.54, 1.807) is 0 Å². The summed E-state index contributed by atoms with van der Waals surface area (Å²) in [5.74, 6) is -2.76. The molecule has 1 aromatic heterocycles. The van der Waals surface area contributed by atoms with Crippen LogP contribution in [0.25, 0.3) is 32.3 Å². The van der Waals surface area contributed by atoms with Gasteiger partial charge in [0.2, 0.25) is 0 Å². The fraction of sp³-hybridized carbons (Fsp3) is 0.604. The van der Waals surface area contributed by atoms with E-state index in [-0.39, 0.29) is 12.8 Å². The second kappa shape index (κ2) is 30.2. The van der Waals surface area contributed by atoms with E-state index in [1.165, 1.54) is 95.7 Å². The van der Waals surface area contributed by atoms with Crippen LogP contribution in [0.4, 0.5) is 0 Å². The number of aliphatic carboxylic acids is 1. The van der Waals surface area contributed by atoms with Crippen LogP contribution < -0.4 is 15.7 Å². The monoisotopic (exact) mass is 959 g/mol. The molecule has 374 valence electrons. The number of nitrogens with two attached hydrogens (primary N) is 1. The molecule has 14 nitrogen and oxygen atoms in total. The molecular weight excluding hydrogens is 884 g/mol. The van der Waals surface area contributed by atoms with Crippen molar-refractivity contribution in [3.8, 4) is 0 Å². The largest absolute Gasteiger partial charge is 0.756 e. The zero-order valence-corrected chi connectivity index (χ0v) is 41.3. The lowest BCUT2D eigenvalue weighted by Crippen LogP contribution is -2.45. The number of unbranched alkanes of at least 4 members (excludes halogenated alkanes) is 18. The van der Waals surface area contributed by atoms with Crippen LogP contribution in [0.5, 0.6) is 0 Å². The number of carbonyl (C=O) groups is 3. The van der Waals surface area contributed by atoms with Crippen molar-refractivity contribution < 1.29 is 47.5 Å². The first-order valence-electron chi connectivity index (χ1n) is 25.5. The van der Waals surface area contributed by atoms with Crippen LogP contribution in [0.3, 0.4) is 0 Å². The topological polar surface area (TPSA) is 208 Å². The number of phosphoric ester groups is 1. The molecule has 2 N–H and O–H groups in total. The van der Waals surface area contributed by atoms with Crippen molar-refractivity contribution in [2.24, 2.45) is 5.73 Å². The Hall–Kier alpha value is -4.46. The molecule has 0 radical (unpaired) electrons. The van der Waals surface area contributed by atoms with Crippen molar-refractivity contribution in [3.05, 3.63) is 72.1 Å². The Morgan fingerprint density at radius 2 is 1.22 bits per heavy atom. The number of aromatic nitrogens is 3. The fourth-order valence-electron chi connectivity index (χ4n) is 8.84. The third kappa shape index (κ3) is 19.5. The molecule has 1 unspecified atom stereocenters. The van der Waals surface area contributed by atoms with E-state index in [2.05, 4.69) is 82.6 Å². The van der Waals surface area contributed by atoms with Crippen molar-refractivity contribution in [2.75, 3.05) is 19.8 Å². The minimum atomic E-state index is -5.03. The molecular formula is C53H75N4O10P-2. The van der Waals surface area contributed by atoms with Gasteiger partial charge in [-0.1, -0.05) is 169 Å². The third-order valence-electron chi connectivity index (χ3n) is 12.7. The maximum absolute atomic E-state index is 12.8. The average molecular weight is 959 g/mol. The summed E-state index contributed by atoms with van der Waals surface area (Å²) in [4.78, 5) is 48.4. The molecule has 0 bridgehead atoms. The van der Waals surface area contributed by atoms with E-state index in [4.69, 9.17) is 19.7 Å². The number of aryl methyl sites for hydroxylation is 3. The molecule has 4 aromatic carbocycles. The van der Waals surface area contributed by atoms with E-state index in [0.29, 0.717) is 12.8 Å². The van der Waals surface area contributed by atoms with Crippen LogP contribution in [-0.2, 0) is 56.9 Å². The van der Waals surface area contributed by atoms with Gasteiger partial charge in [0, 0.05) is 25.6 Å².